The number of carbonyl (C=O) groups is 1. The lowest BCUT2D eigenvalue weighted by molar-refractivity contribution is -0.153. The maximum absolute atomic E-state index is 11.8. The minimum Gasteiger partial charge on any atom is -0.457 e. The Kier molecular flexibility index (Phi) is 4.63. The van der Waals surface area contributed by atoms with Gasteiger partial charge in [0.15, 0.2) is 12.4 Å². The Morgan fingerprint density at radius 2 is 2.28 bits per heavy atom. The largest absolute Gasteiger partial charge is 0.457 e. The van der Waals surface area contributed by atoms with Crippen LogP contribution in [0, 0.1) is 5.92 Å². The number of aryl methyl sites for hydroxylation is 1. The second-order valence-corrected chi connectivity index (χ2v) is 4.31. The predicted octanol–water partition coefficient (Wildman–Crippen LogP) is 0.553. The number of esters is 1. The molecule has 0 saturated carbocycles. The molecule has 0 unspecified atom stereocenters. The van der Waals surface area contributed by atoms with Gasteiger partial charge < -0.3 is 9.47 Å². The molecule has 0 amide bonds. The van der Waals surface area contributed by atoms with Crippen molar-refractivity contribution in [2.75, 3.05) is 13.2 Å². The van der Waals surface area contributed by atoms with Crippen LogP contribution in [0.4, 0.5) is 0 Å². The van der Waals surface area contributed by atoms with Crippen molar-refractivity contribution in [1.29, 1.82) is 0 Å². The van der Waals surface area contributed by atoms with Crippen molar-refractivity contribution in [3.05, 3.63) is 5.82 Å². The van der Waals surface area contributed by atoms with Crippen LogP contribution in [0.1, 0.15) is 32.0 Å². The Morgan fingerprint density at radius 1 is 1.50 bits per heavy atom. The first-order chi connectivity index (χ1) is 8.81. The van der Waals surface area contributed by atoms with E-state index in [1.807, 2.05) is 6.92 Å². The first-order valence-electron chi connectivity index (χ1n) is 6.30. The maximum atomic E-state index is 11.8. The van der Waals surface area contributed by atoms with Crippen LogP contribution >= 0.6 is 0 Å². The van der Waals surface area contributed by atoms with Gasteiger partial charge in [-0.15, -0.1) is 5.10 Å². The van der Waals surface area contributed by atoms with E-state index in [9.17, 15) is 4.79 Å². The summed E-state index contributed by atoms with van der Waals surface area (Å²) in [5, 5.41) is 11.3. The standard InChI is InChI=1S/C11H18N4O3/c1-2-5-15-10(12-13-14-15)8-18-11(16)9-3-6-17-7-4-9/h9H,2-8H2,1H3. The van der Waals surface area contributed by atoms with Crippen molar-refractivity contribution in [3.63, 3.8) is 0 Å². The van der Waals surface area contributed by atoms with E-state index in [0.717, 1.165) is 25.8 Å². The number of nitrogens with zero attached hydrogens (tertiary/aromatic N) is 4. The second kappa shape index (κ2) is 6.44. The number of tetrazole rings is 1. The molecule has 2 heterocycles. The van der Waals surface area contributed by atoms with Gasteiger partial charge in [0.25, 0.3) is 0 Å². The summed E-state index contributed by atoms with van der Waals surface area (Å²) in [4.78, 5) is 11.8. The van der Waals surface area contributed by atoms with Gasteiger partial charge >= 0.3 is 5.97 Å². The number of aromatic nitrogens is 4. The Hall–Kier alpha value is -1.50. The second-order valence-electron chi connectivity index (χ2n) is 4.31. The van der Waals surface area contributed by atoms with E-state index in [0.29, 0.717) is 19.0 Å². The van der Waals surface area contributed by atoms with Gasteiger partial charge in [0.05, 0.1) is 5.92 Å². The molecule has 2 rings (SSSR count). The lowest BCUT2D eigenvalue weighted by Crippen LogP contribution is -2.25. The number of hydrogen-bond donors (Lipinski definition) is 0. The van der Waals surface area contributed by atoms with Crippen molar-refractivity contribution in [2.24, 2.45) is 5.92 Å². The molecule has 1 aromatic heterocycles. The molecule has 18 heavy (non-hydrogen) atoms. The Bertz CT molecular complexity index is 387. The van der Waals surface area contributed by atoms with E-state index in [2.05, 4.69) is 15.5 Å². The van der Waals surface area contributed by atoms with Crippen LogP contribution in [0.2, 0.25) is 0 Å². The number of ether oxygens (including phenoxy) is 2. The molecule has 7 nitrogen and oxygen atoms in total. The monoisotopic (exact) mass is 254 g/mol. The molecule has 1 aliphatic heterocycles. The SMILES string of the molecule is CCCn1nnnc1COC(=O)C1CCOCC1. The lowest BCUT2D eigenvalue weighted by atomic mass is 10.0. The van der Waals surface area contributed by atoms with Crippen molar-refractivity contribution in [3.8, 4) is 0 Å². The molecule has 7 heteroatoms. The first-order valence-corrected chi connectivity index (χ1v) is 6.30. The number of hydrogen-bond acceptors (Lipinski definition) is 6. The fraction of sp³-hybridized carbons (Fsp3) is 0.818. The smallest absolute Gasteiger partial charge is 0.309 e. The molecule has 1 fully saturated rings. The zero-order valence-electron chi connectivity index (χ0n) is 10.5. The highest BCUT2D eigenvalue weighted by molar-refractivity contribution is 5.72. The van der Waals surface area contributed by atoms with Crippen LogP contribution in [0.5, 0.6) is 0 Å². The Morgan fingerprint density at radius 3 is 3.00 bits per heavy atom. The van der Waals surface area contributed by atoms with Crippen LogP contribution in [-0.4, -0.2) is 39.4 Å². The van der Waals surface area contributed by atoms with Crippen LogP contribution in [0.15, 0.2) is 0 Å². The van der Waals surface area contributed by atoms with Gasteiger partial charge in [0.1, 0.15) is 0 Å². The Labute approximate surface area is 105 Å². The molecule has 0 spiro atoms. The van der Waals surface area contributed by atoms with Gasteiger partial charge in [-0.1, -0.05) is 6.92 Å². The summed E-state index contributed by atoms with van der Waals surface area (Å²) in [6.45, 7) is 4.18. The summed E-state index contributed by atoms with van der Waals surface area (Å²) < 4.78 is 12.1. The summed E-state index contributed by atoms with van der Waals surface area (Å²) in [5.41, 5.74) is 0. The quantitative estimate of drug-likeness (QED) is 0.714. The summed E-state index contributed by atoms with van der Waals surface area (Å²) in [7, 11) is 0. The fourth-order valence-corrected chi connectivity index (χ4v) is 1.90. The van der Waals surface area contributed by atoms with Gasteiger partial charge in [0.2, 0.25) is 0 Å². The number of rotatable bonds is 5. The molecule has 0 bridgehead atoms. The molecular formula is C11H18N4O3. The van der Waals surface area contributed by atoms with Crippen LogP contribution in [0.25, 0.3) is 0 Å². The average Bonchev–Trinajstić information content (AvgIpc) is 2.85. The van der Waals surface area contributed by atoms with Gasteiger partial charge in [-0.3, -0.25) is 4.79 Å². The third-order valence-corrected chi connectivity index (χ3v) is 2.94. The van der Waals surface area contributed by atoms with Crippen LogP contribution in [0.3, 0.4) is 0 Å². The maximum Gasteiger partial charge on any atom is 0.309 e. The van der Waals surface area contributed by atoms with E-state index in [-0.39, 0.29) is 18.5 Å². The topological polar surface area (TPSA) is 79.1 Å². The van der Waals surface area contributed by atoms with Gasteiger partial charge in [0, 0.05) is 19.8 Å². The highest BCUT2D eigenvalue weighted by atomic mass is 16.5. The molecule has 0 radical (unpaired) electrons. The van der Waals surface area contributed by atoms with Crippen molar-refractivity contribution in [2.45, 2.75) is 39.3 Å². The summed E-state index contributed by atoms with van der Waals surface area (Å²) in [6.07, 6.45) is 2.41. The highest BCUT2D eigenvalue weighted by Gasteiger charge is 2.23. The molecule has 0 N–H and O–H groups in total. The molecule has 0 aromatic carbocycles. The van der Waals surface area contributed by atoms with Crippen molar-refractivity contribution < 1.29 is 14.3 Å². The van der Waals surface area contributed by atoms with Gasteiger partial charge in [-0.2, -0.15) is 0 Å². The van der Waals surface area contributed by atoms with Crippen LogP contribution < -0.4 is 0 Å². The molecule has 1 saturated heterocycles. The van der Waals surface area contributed by atoms with Crippen molar-refractivity contribution >= 4 is 5.97 Å². The number of carbonyl (C=O) groups excluding carboxylic acids is 1. The first kappa shape index (κ1) is 12.9. The Balaban J connectivity index is 1.82. The molecular weight excluding hydrogens is 236 g/mol. The van der Waals surface area contributed by atoms with E-state index in [1.54, 1.807) is 4.68 Å². The minimum absolute atomic E-state index is 0.0470. The normalized spacial score (nSPS) is 16.7. The van der Waals surface area contributed by atoms with Gasteiger partial charge in [-0.05, 0) is 29.7 Å². The van der Waals surface area contributed by atoms with E-state index in [1.165, 1.54) is 0 Å². The summed E-state index contributed by atoms with van der Waals surface area (Å²) in [6, 6.07) is 0. The van der Waals surface area contributed by atoms with E-state index >= 15 is 0 Å². The molecule has 0 aliphatic carbocycles. The highest BCUT2D eigenvalue weighted by Crippen LogP contribution is 2.16. The molecule has 0 atom stereocenters. The molecule has 1 aliphatic rings. The zero-order chi connectivity index (χ0) is 12.8. The lowest BCUT2D eigenvalue weighted by Gasteiger charge is -2.20. The molecule has 1 aromatic rings. The average molecular weight is 254 g/mol. The third-order valence-electron chi connectivity index (χ3n) is 2.94. The summed E-state index contributed by atoms with van der Waals surface area (Å²) in [5.74, 6) is 0.371. The predicted molar refractivity (Wildman–Crippen MR) is 61.4 cm³/mol. The van der Waals surface area contributed by atoms with Crippen LogP contribution in [-0.2, 0) is 27.4 Å². The molecule has 100 valence electrons. The minimum atomic E-state index is -0.177. The zero-order valence-corrected chi connectivity index (χ0v) is 10.5. The van der Waals surface area contributed by atoms with E-state index < -0.39 is 0 Å². The fourth-order valence-electron chi connectivity index (χ4n) is 1.90. The van der Waals surface area contributed by atoms with Gasteiger partial charge in [-0.25, -0.2) is 4.68 Å². The summed E-state index contributed by atoms with van der Waals surface area (Å²) >= 11 is 0. The van der Waals surface area contributed by atoms with E-state index in [4.69, 9.17) is 9.47 Å². The third kappa shape index (κ3) is 3.25. The van der Waals surface area contributed by atoms with Crippen molar-refractivity contribution in [1.82, 2.24) is 20.2 Å².